The number of hydrogen-bond acceptors (Lipinski definition) is 9. The first-order valence-electron chi connectivity index (χ1n) is 8.52. The van der Waals surface area contributed by atoms with E-state index in [1.807, 2.05) is 43.3 Å². The van der Waals surface area contributed by atoms with E-state index < -0.39 is 0 Å². The summed E-state index contributed by atoms with van der Waals surface area (Å²) in [7, 11) is 0. The van der Waals surface area contributed by atoms with E-state index in [2.05, 4.69) is 25.8 Å². The number of nitrogens with zero attached hydrogens (tertiary/aromatic N) is 5. The fourth-order valence-corrected chi connectivity index (χ4v) is 4.13. The van der Waals surface area contributed by atoms with Crippen LogP contribution in [-0.2, 0) is 5.88 Å². The summed E-state index contributed by atoms with van der Waals surface area (Å²) in [4.78, 5) is 12.5. The molecule has 4 rings (SSSR count). The Morgan fingerprint density at radius 1 is 1.11 bits per heavy atom. The van der Waals surface area contributed by atoms with Gasteiger partial charge in [0.25, 0.3) is 5.56 Å². The van der Waals surface area contributed by atoms with Gasteiger partial charge in [0, 0.05) is 0 Å². The molecule has 0 bridgehead atoms. The van der Waals surface area contributed by atoms with Gasteiger partial charge in [0.15, 0.2) is 4.34 Å². The SMILES string of the molecule is CCOc1ccccc1Nc1nnc(SCn2nnc3ccccc3c2=O)s1. The van der Waals surface area contributed by atoms with Gasteiger partial charge in [-0.3, -0.25) is 4.79 Å². The minimum atomic E-state index is -0.174. The maximum Gasteiger partial charge on any atom is 0.278 e. The number of benzene rings is 2. The van der Waals surface area contributed by atoms with Gasteiger partial charge >= 0.3 is 0 Å². The Bertz CT molecular complexity index is 1160. The van der Waals surface area contributed by atoms with Crippen LogP contribution in [0.1, 0.15) is 6.92 Å². The third kappa shape index (κ3) is 3.97. The molecule has 0 aliphatic heterocycles. The van der Waals surface area contributed by atoms with E-state index in [1.165, 1.54) is 27.8 Å². The van der Waals surface area contributed by atoms with Crippen molar-refractivity contribution in [1.29, 1.82) is 0 Å². The molecule has 0 radical (unpaired) electrons. The number of ether oxygens (including phenoxy) is 1. The summed E-state index contributed by atoms with van der Waals surface area (Å²) in [6.07, 6.45) is 0. The van der Waals surface area contributed by atoms with E-state index in [0.29, 0.717) is 28.5 Å². The Morgan fingerprint density at radius 3 is 2.82 bits per heavy atom. The van der Waals surface area contributed by atoms with Crippen LogP contribution in [0.25, 0.3) is 10.9 Å². The van der Waals surface area contributed by atoms with E-state index in [0.717, 1.165) is 15.8 Å². The average Bonchev–Trinajstić information content (AvgIpc) is 3.17. The number of hydrogen-bond donors (Lipinski definition) is 1. The molecule has 0 saturated carbocycles. The number of anilines is 2. The van der Waals surface area contributed by atoms with Crippen LogP contribution in [0, 0.1) is 0 Å². The number of nitrogens with one attached hydrogen (secondary N) is 1. The maximum absolute atomic E-state index is 12.5. The molecule has 0 unspecified atom stereocenters. The lowest BCUT2D eigenvalue weighted by Gasteiger charge is -2.09. The van der Waals surface area contributed by atoms with Gasteiger partial charge in [-0.25, -0.2) is 0 Å². The van der Waals surface area contributed by atoms with Crippen molar-refractivity contribution >= 4 is 44.8 Å². The lowest BCUT2D eigenvalue weighted by Crippen LogP contribution is -2.23. The Hall–Kier alpha value is -2.98. The van der Waals surface area contributed by atoms with Crippen molar-refractivity contribution in [1.82, 2.24) is 25.2 Å². The number of thioether (sulfide) groups is 1. The van der Waals surface area contributed by atoms with Crippen molar-refractivity contribution in [2.45, 2.75) is 17.1 Å². The van der Waals surface area contributed by atoms with Crippen LogP contribution in [0.5, 0.6) is 5.75 Å². The van der Waals surface area contributed by atoms with Gasteiger partial charge in [-0.1, -0.05) is 52.6 Å². The molecular weight excluding hydrogens is 396 g/mol. The highest BCUT2D eigenvalue weighted by atomic mass is 32.2. The summed E-state index contributed by atoms with van der Waals surface area (Å²) >= 11 is 2.77. The molecule has 0 aliphatic carbocycles. The Morgan fingerprint density at radius 2 is 1.93 bits per heavy atom. The smallest absolute Gasteiger partial charge is 0.278 e. The van der Waals surface area contributed by atoms with E-state index in [-0.39, 0.29) is 5.56 Å². The molecule has 0 fully saturated rings. The highest BCUT2D eigenvalue weighted by molar-refractivity contribution is 8.00. The third-order valence-electron chi connectivity index (χ3n) is 3.77. The van der Waals surface area contributed by atoms with Crippen LogP contribution in [0.15, 0.2) is 57.7 Å². The highest BCUT2D eigenvalue weighted by Crippen LogP contribution is 2.31. The Kier molecular flexibility index (Phi) is 5.49. The van der Waals surface area contributed by atoms with Crippen molar-refractivity contribution < 1.29 is 4.74 Å². The zero-order valence-corrected chi connectivity index (χ0v) is 16.5. The second-order valence-electron chi connectivity index (χ2n) is 5.61. The summed E-state index contributed by atoms with van der Waals surface area (Å²) in [6.45, 7) is 2.52. The second kappa shape index (κ2) is 8.36. The summed E-state index contributed by atoms with van der Waals surface area (Å²) in [5.41, 5.74) is 1.24. The number of aromatic nitrogens is 5. The van der Waals surface area contributed by atoms with Gasteiger partial charge < -0.3 is 10.1 Å². The van der Waals surface area contributed by atoms with E-state index in [1.54, 1.807) is 12.1 Å². The molecule has 0 amide bonds. The molecule has 2 aromatic carbocycles. The second-order valence-corrected chi connectivity index (χ2v) is 7.78. The largest absolute Gasteiger partial charge is 0.492 e. The standard InChI is InChI=1S/C18H16N6O2S2/c1-2-26-15-10-6-5-9-14(15)19-17-21-22-18(28-17)27-11-24-16(25)12-7-3-4-8-13(12)20-23-24/h3-10H,2,11H2,1H3,(H,19,21). The first-order chi connectivity index (χ1) is 13.7. The fraction of sp³-hybridized carbons (Fsp3) is 0.167. The maximum atomic E-state index is 12.5. The van der Waals surface area contributed by atoms with E-state index in [4.69, 9.17) is 4.74 Å². The molecule has 8 nitrogen and oxygen atoms in total. The molecule has 10 heteroatoms. The van der Waals surface area contributed by atoms with Gasteiger partial charge in [0.2, 0.25) is 5.13 Å². The van der Waals surface area contributed by atoms with Crippen molar-refractivity contribution in [2.75, 3.05) is 11.9 Å². The predicted molar refractivity (Wildman–Crippen MR) is 110 cm³/mol. The van der Waals surface area contributed by atoms with Crippen LogP contribution in [0.4, 0.5) is 10.8 Å². The summed E-state index contributed by atoms with van der Waals surface area (Å²) in [5, 5.41) is 20.8. The molecule has 4 aromatic rings. The Labute approximate surface area is 168 Å². The van der Waals surface area contributed by atoms with Crippen molar-refractivity contribution in [3.05, 3.63) is 58.9 Å². The number of para-hydroxylation sites is 2. The van der Waals surface area contributed by atoms with Crippen molar-refractivity contribution in [3.63, 3.8) is 0 Å². The monoisotopic (exact) mass is 412 g/mol. The fourth-order valence-electron chi connectivity index (χ4n) is 2.51. The predicted octanol–water partition coefficient (Wildman–Crippen LogP) is 3.54. The van der Waals surface area contributed by atoms with Gasteiger partial charge in [0.1, 0.15) is 11.3 Å². The quantitative estimate of drug-likeness (QED) is 0.461. The summed E-state index contributed by atoms with van der Waals surface area (Å²) in [5.74, 6) is 1.06. The van der Waals surface area contributed by atoms with Crippen molar-refractivity contribution in [3.8, 4) is 5.75 Å². The van der Waals surface area contributed by atoms with Gasteiger partial charge in [0.05, 0.1) is 23.6 Å². The van der Waals surface area contributed by atoms with Crippen LogP contribution >= 0.6 is 23.1 Å². The molecule has 142 valence electrons. The van der Waals surface area contributed by atoms with E-state index in [9.17, 15) is 4.79 Å². The summed E-state index contributed by atoms with van der Waals surface area (Å²) in [6, 6.07) is 14.8. The molecule has 28 heavy (non-hydrogen) atoms. The van der Waals surface area contributed by atoms with Crippen LogP contribution in [0.3, 0.4) is 0 Å². The highest BCUT2D eigenvalue weighted by Gasteiger charge is 2.10. The van der Waals surface area contributed by atoms with E-state index >= 15 is 0 Å². The molecular formula is C18H16N6O2S2. The minimum Gasteiger partial charge on any atom is -0.492 e. The molecule has 0 aliphatic rings. The molecule has 0 saturated heterocycles. The third-order valence-corrected chi connectivity index (χ3v) is 5.71. The first-order valence-corrected chi connectivity index (χ1v) is 10.3. The van der Waals surface area contributed by atoms with Crippen molar-refractivity contribution in [2.24, 2.45) is 0 Å². The lowest BCUT2D eigenvalue weighted by atomic mass is 10.2. The zero-order valence-electron chi connectivity index (χ0n) is 14.9. The Balaban J connectivity index is 1.46. The molecule has 0 spiro atoms. The zero-order chi connectivity index (χ0) is 19.3. The minimum absolute atomic E-state index is 0.174. The lowest BCUT2D eigenvalue weighted by molar-refractivity contribution is 0.342. The molecule has 1 N–H and O–H groups in total. The topological polar surface area (TPSA) is 94.8 Å². The normalized spacial score (nSPS) is 10.9. The van der Waals surface area contributed by atoms with Crippen LogP contribution in [0.2, 0.25) is 0 Å². The average molecular weight is 413 g/mol. The van der Waals surface area contributed by atoms with Crippen LogP contribution < -0.4 is 15.6 Å². The first kappa shape index (κ1) is 18.4. The molecule has 2 aromatic heterocycles. The van der Waals surface area contributed by atoms with Gasteiger partial charge in [-0.05, 0) is 31.2 Å². The van der Waals surface area contributed by atoms with Crippen LogP contribution in [-0.4, -0.2) is 31.8 Å². The summed E-state index contributed by atoms with van der Waals surface area (Å²) < 4.78 is 7.65. The van der Waals surface area contributed by atoms with Gasteiger partial charge in [-0.15, -0.1) is 15.3 Å². The molecule has 0 atom stereocenters. The molecule has 2 heterocycles. The number of fused-ring (bicyclic) bond motifs is 1. The number of rotatable bonds is 7. The van der Waals surface area contributed by atoms with Gasteiger partial charge in [-0.2, -0.15) is 4.68 Å².